The van der Waals surface area contributed by atoms with Gasteiger partial charge in [-0.1, -0.05) is 0 Å². The monoisotopic (exact) mass is 361 g/mol. The molecule has 2 amide bonds. The molecular formula is C19H24FN3O3. The normalized spacial score (nSPS) is 27.9. The van der Waals surface area contributed by atoms with Crippen LogP contribution in [0, 0.1) is 17.7 Å². The van der Waals surface area contributed by atoms with E-state index in [4.69, 9.17) is 4.74 Å². The van der Waals surface area contributed by atoms with Gasteiger partial charge in [-0.25, -0.2) is 4.39 Å². The van der Waals surface area contributed by atoms with Gasteiger partial charge in [0.15, 0.2) is 0 Å². The summed E-state index contributed by atoms with van der Waals surface area (Å²) in [6.45, 7) is 1.93. The summed E-state index contributed by atoms with van der Waals surface area (Å²) in [7, 11) is 0. The van der Waals surface area contributed by atoms with Crippen molar-refractivity contribution in [2.24, 2.45) is 11.8 Å². The molecule has 26 heavy (non-hydrogen) atoms. The van der Waals surface area contributed by atoms with Gasteiger partial charge in [0.2, 0.25) is 11.8 Å². The van der Waals surface area contributed by atoms with Gasteiger partial charge in [-0.15, -0.1) is 0 Å². The summed E-state index contributed by atoms with van der Waals surface area (Å²) < 4.78 is 18.9. The first-order valence-corrected chi connectivity index (χ1v) is 9.40. The molecule has 7 heteroatoms. The average molecular weight is 361 g/mol. The second kappa shape index (κ2) is 7.31. The summed E-state index contributed by atoms with van der Waals surface area (Å²) in [6.07, 6.45) is 4.81. The van der Waals surface area contributed by atoms with Crippen molar-refractivity contribution in [3.8, 4) is 0 Å². The molecule has 3 fully saturated rings. The van der Waals surface area contributed by atoms with Gasteiger partial charge >= 0.3 is 0 Å². The Morgan fingerprint density at radius 2 is 2.15 bits per heavy atom. The number of likely N-dealkylation sites (tertiary alicyclic amines) is 1. The van der Waals surface area contributed by atoms with Crippen LogP contribution in [0.2, 0.25) is 0 Å². The third-order valence-electron chi connectivity index (χ3n) is 5.58. The molecule has 3 heterocycles. The van der Waals surface area contributed by atoms with Gasteiger partial charge in [-0.2, -0.15) is 0 Å². The number of hydrogen-bond donors (Lipinski definition) is 1. The zero-order chi connectivity index (χ0) is 18.1. The zero-order valence-electron chi connectivity index (χ0n) is 14.7. The quantitative estimate of drug-likeness (QED) is 0.858. The highest BCUT2D eigenvalue weighted by Gasteiger charge is 2.42. The van der Waals surface area contributed by atoms with Crippen molar-refractivity contribution in [3.05, 3.63) is 29.8 Å². The van der Waals surface area contributed by atoms with Crippen LogP contribution in [0.25, 0.3) is 0 Å². The molecule has 0 aromatic carbocycles. The molecule has 2 saturated heterocycles. The molecule has 2 aliphatic heterocycles. The molecule has 6 nitrogen and oxygen atoms in total. The average Bonchev–Trinajstić information content (AvgIpc) is 3.37. The number of carbonyl (C=O) groups is 2. The summed E-state index contributed by atoms with van der Waals surface area (Å²) in [5.74, 6) is 0.523. The van der Waals surface area contributed by atoms with Gasteiger partial charge in [0.1, 0.15) is 11.9 Å². The fourth-order valence-corrected chi connectivity index (χ4v) is 3.78. The molecule has 1 aromatic rings. The summed E-state index contributed by atoms with van der Waals surface area (Å²) in [5.41, 5.74) is 0.559. The number of halogens is 1. The Morgan fingerprint density at radius 1 is 1.31 bits per heavy atom. The molecule has 3 atom stereocenters. The van der Waals surface area contributed by atoms with E-state index in [2.05, 4.69) is 10.3 Å². The first-order valence-electron chi connectivity index (χ1n) is 9.40. The van der Waals surface area contributed by atoms with E-state index in [0.29, 0.717) is 30.6 Å². The minimum absolute atomic E-state index is 0.0142. The number of nitrogens with one attached hydrogen (secondary N) is 1. The standard InChI is InChI=1S/C19H24FN3O3/c20-14-3-4-15(21-10-14)8-18(24)23-6-5-13-7-16(26-17(13)11-23)19(25)22-9-12-1-2-12/h3-4,10,12-13,16-17H,1-2,5-9,11H2,(H,22,25)/t13-,16?,17-/m0/s1. The third-order valence-corrected chi connectivity index (χ3v) is 5.58. The topological polar surface area (TPSA) is 71.5 Å². The molecule has 1 aromatic heterocycles. The lowest BCUT2D eigenvalue weighted by molar-refractivity contribution is -0.137. The molecule has 0 spiro atoms. The largest absolute Gasteiger partial charge is 0.363 e. The lowest BCUT2D eigenvalue weighted by Crippen LogP contribution is -2.46. The maximum Gasteiger partial charge on any atom is 0.249 e. The van der Waals surface area contributed by atoms with Gasteiger partial charge in [0.25, 0.3) is 0 Å². The number of amides is 2. The van der Waals surface area contributed by atoms with Crippen molar-refractivity contribution in [2.75, 3.05) is 19.6 Å². The van der Waals surface area contributed by atoms with E-state index in [-0.39, 0.29) is 24.3 Å². The Labute approximate surface area is 152 Å². The number of pyridine rings is 1. The second-order valence-corrected chi connectivity index (χ2v) is 7.62. The van der Waals surface area contributed by atoms with Crippen molar-refractivity contribution in [3.63, 3.8) is 0 Å². The number of carbonyl (C=O) groups excluding carboxylic acids is 2. The molecule has 140 valence electrons. The summed E-state index contributed by atoms with van der Waals surface area (Å²) >= 11 is 0. The molecule has 4 rings (SSSR count). The van der Waals surface area contributed by atoms with Crippen LogP contribution in [0.4, 0.5) is 4.39 Å². The first kappa shape index (κ1) is 17.4. The molecule has 3 aliphatic rings. The van der Waals surface area contributed by atoms with E-state index >= 15 is 0 Å². The number of fused-ring (bicyclic) bond motifs is 1. The number of aromatic nitrogens is 1. The molecule has 0 bridgehead atoms. The predicted octanol–water partition coefficient (Wildman–Crippen LogP) is 1.30. The SMILES string of the molecule is O=C(NCC1CC1)C1C[C@@H]2CCN(C(=O)Cc3ccc(F)cn3)C[C@@H]2O1. The fraction of sp³-hybridized carbons (Fsp3) is 0.632. The smallest absolute Gasteiger partial charge is 0.249 e. The summed E-state index contributed by atoms with van der Waals surface area (Å²) in [6, 6.07) is 2.85. The maximum atomic E-state index is 12.9. The lowest BCUT2D eigenvalue weighted by atomic mass is 9.91. The first-order chi connectivity index (χ1) is 12.6. The minimum Gasteiger partial charge on any atom is -0.363 e. The molecule has 0 radical (unpaired) electrons. The lowest BCUT2D eigenvalue weighted by Gasteiger charge is -2.34. The minimum atomic E-state index is -0.410. The van der Waals surface area contributed by atoms with Crippen LogP contribution < -0.4 is 5.32 Å². The van der Waals surface area contributed by atoms with Crippen LogP contribution >= 0.6 is 0 Å². The number of piperidine rings is 1. The highest BCUT2D eigenvalue weighted by Crippen LogP contribution is 2.34. The Morgan fingerprint density at radius 3 is 2.88 bits per heavy atom. The summed E-state index contributed by atoms with van der Waals surface area (Å²) in [4.78, 5) is 30.5. The highest BCUT2D eigenvalue weighted by atomic mass is 19.1. The predicted molar refractivity (Wildman–Crippen MR) is 91.6 cm³/mol. The van der Waals surface area contributed by atoms with E-state index in [1.54, 1.807) is 4.90 Å². The molecule has 1 N–H and O–H groups in total. The summed E-state index contributed by atoms with van der Waals surface area (Å²) in [5, 5.41) is 2.98. The molecule has 1 unspecified atom stereocenters. The Bertz CT molecular complexity index is 677. The van der Waals surface area contributed by atoms with Crippen LogP contribution in [0.5, 0.6) is 0 Å². The van der Waals surface area contributed by atoms with Crippen LogP contribution in [-0.2, 0) is 20.7 Å². The molecule has 1 aliphatic carbocycles. The number of rotatable bonds is 5. The van der Waals surface area contributed by atoms with Crippen LogP contribution in [-0.4, -0.2) is 53.5 Å². The van der Waals surface area contributed by atoms with E-state index in [0.717, 1.165) is 25.6 Å². The van der Waals surface area contributed by atoms with Gasteiger partial charge in [-0.3, -0.25) is 14.6 Å². The van der Waals surface area contributed by atoms with Gasteiger partial charge in [-0.05, 0) is 49.7 Å². The number of ether oxygens (including phenoxy) is 1. The van der Waals surface area contributed by atoms with E-state index < -0.39 is 11.9 Å². The Kier molecular flexibility index (Phi) is 4.89. The van der Waals surface area contributed by atoms with Gasteiger partial charge in [0.05, 0.1) is 18.7 Å². The van der Waals surface area contributed by atoms with Crippen molar-refractivity contribution >= 4 is 11.8 Å². The molecule has 1 saturated carbocycles. The van der Waals surface area contributed by atoms with E-state index in [1.165, 1.54) is 25.0 Å². The number of nitrogens with zero attached hydrogens (tertiary/aromatic N) is 2. The fourth-order valence-electron chi connectivity index (χ4n) is 3.78. The van der Waals surface area contributed by atoms with Gasteiger partial charge < -0.3 is 15.0 Å². The number of hydrogen-bond acceptors (Lipinski definition) is 4. The van der Waals surface area contributed by atoms with Gasteiger partial charge in [0, 0.05) is 25.3 Å². The van der Waals surface area contributed by atoms with Crippen molar-refractivity contribution in [1.29, 1.82) is 0 Å². The Balaban J connectivity index is 1.28. The Hall–Kier alpha value is -2.02. The van der Waals surface area contributed by atoms with E-state index in [1.807, 2.05) is 0 Å². The zero-order valence-corrected chi connectivity index (χ0v) is 14.7. The maximum absolute atomic E-state index is 12.9. The highest BCUT2D eigenvalue weighted by molar-refractivity contribution is 5.81. The van der Waals surface area contributed by atoms with Crippen LogP contribution in [0.1, 0.15) is 31.4 Å². The second-order valence-electron chi connectivity index (χ2n) is 7.62. The molecular weight excluding hydrogens is 337 g/mol. The van der Waals surface area contributed by atoms with Crippen molar-refractivity contribution < 1.29 is 18.7 Å². The van der Waals surface area contributed by atoms with E-state index in [9.17, 15) is 14.0 Å². The van der Waals surface area contributed by atoms with Crippen molar-refractivity contribution in [2.45, 2.75) is 44.3 Å². The third kappa shape index (κ3) is 4.03. The van der Waals surface area contributed by atoms with Crippen LogP contribution in [0.15, 0.2) is 18.3 Å². The van der Waals surface area contributed by atoms with Crippen LogP contribution in [0.3, 0.4) is 0 Å². The van der Waals surface area contributed by atoms with Crippen molar-refractivity contribution in [1.82, 2.24) is 15.2 Å².